The van der Waals surface area contributed by atoms with Crippen molar-refractivity contribution >= 4 is 21.7 Å². The van der Waals surface area contributed by atoms with Crippen molar-refractivity contribution < 1.29 is 4.74 Å². The smallest absolute Gasteiger partial charge is 0.234 e. The number of aromatic nitrogens is 2. The summed E-state index contributed by atoms with van der Waals surface area (Å²) in [5.74, 6) is 0.778. The van der Waals surface area contributed by atoms with Gasteiger partial charge in [-0.2, -0.15) is 4.98 Å². The van der Waals surface area contributed by atoms with Gasteiger partial charge in [-0.3, -0.25) is 4.98 Å². The van der Waals surface area contributed by atoms with E-state index in [9.17, 15) is 0 Å². The number of rotatable bonds is 3. The van der Waals surface area contributed by atoms with Gasteiger partial charge < -0.3 is 10.5 Å². The number of hydrogen-bond acceptors (Lipinski definition) is 4. The van der Waals surface area contributed by atoms with E-state index in [1.54, 1.807) is 0 Å². The predicted octanol–water partition coefficient (Wildman–Crippen LogP) is 2.40. The maximum atomic E-state index is 5.49. The van der Waals surface area contributed by atoms with E-state index in [2.05, 4.69) is 25.9 Å². The molecule has 0 spiro atoms. The maximum absolute atomic E-state index is 5.49. The van der Waals surface area contributed by atoms with Crippen LogP contribution in [0.25, 0.3) is 0 Å². The molecule has 0 saturated carbocycles. The van der Waals surface area contributed by atoms with Crippen LogP contribution in [-0.4, -0.2) is 9.97 Å². The molecule has 1 aromatic carbocycles. The van der Waals surface area contributed by atoms with Gasteiger partial charge in [0, 0.05) is 10.0 Å². The molecule has 0 saturated heterocycles. The van der Waals surface area contributed by atoms with Crippen LogP contribution in [0.5, 0.6) is 5.88 Å². The molecule has 2 N–H and O–H groups in total. The standard InChI is InChI=1S/C11H10BrN3O/c12-9-4-2-1-3-8(9)7-16-11-6-14-5-10(13)15-11/h1-6H,7H2,(H2,13,15). The predicted molar refractivity (Wildman–Crippen MR) is 64.9 cm³/mol. The minimum Gasteiger partial charge on any atom is -0.472 e. The molecule has 0 fully saturated rings. The summed E-state index contributed by atoms with van der Waals surface area (Å²) in [5, 5.41) is 0. The second-order valence-electron chi connectivity index (χ2n) is 3.16. The molecule has 0 amide bonds. The highest BCUT2D eigenvalue weighted by atomic mass is 79.9. The highest BCUT2D eigenvalue weighted by molar-refractivity contribution is 9.10. The molecular formula is C11H10BrN3O. The van der Waals surface area contributed by atoms with E-state index >= 15 is 0 Å². The molecule has 2 rings (SSSR count). The Labute approximate surface area is 102 Å². The number of ether oxygens (including phenoxy) is 1. The summed E-state index contributed by atoms with van der Waals surface area (Å²) < 4.78 is 6.48. The average Bonchev–Trinajstić information content (AvgIpc) is 2.28. The largest absolute Gasteiger partial charge is 0.472 e. The summed E-state index contributed by atoms with van der Waals surface area (Å²) in [6.45, 7) is 0.430. The third-order valence-electron chi connectivity index (χ3n) is 1.96. The van der Waals surface area contributed by atoms with Crippen LogP contribution in [0.4, 0.5) is 5.82 Å². The molecule has 0 aliphatic heterocycles. The van der Waals surface area contributed by atoms with Crippen LogP contribution < -0.4 is 10.5 Å². The normalized spacial score (nSPS) is 10.1. The molecule has 0 unspecified atom stereocenters. The lowest BCUT2D eigenvalue weighted by Gasteiger charge is -2.06. The minimum absolute atomic E-state index is 0.352. The highest BCUT2D eigenvalue weighted by Gasteiger charge is 2.01. The van der Waals surface area contributed by atoms with Gasteiger partial charge in [0.05, 0.1) is 12.4 Å². The molecule has 1 aromatic heterocycles. The van der Waals surface area contributed by atoms with Gasteiger partial charge in [-0.15, -0.1) is 0 Å². The second kappa shape index (κ2) is 4.94. The fourth-order valence-corrected chi connectivity index (χ4v) is 1.60. The molecule has 0 atom stereocenters. The van der Waals surface area contributed by atoms with Crippen molar-refractivity contribution in [1.82, 2.24) is 9.97 Å². The Kier molecular flexibility index (Phi) is 3.36. The lowest BCUT2D eigenvalue weighted by Crippen LogP contribution is -2.00. The Morgan fingerprint density at radius 1 is 1.25 bits per heavy atom. The molecule has 2 aromatic rings. The second-order valence-corrected chi connectivity index (χ2v) is 4.02. The van der Waals surface area contributed by atoms with Crippen molar-refractivity contribution in [2.75, 3.05) is 5.73 Å². The lowest BCUT2D eigenvalue weighted by atomic mass is 10.2. The molecule has 0 aliphatic carbocycles. The molecule has 82 valence electrons. The number of hydrogen-bond donors (Lipinski definition) is 1. The summed E-state index contributed by atoms with van der Waals surface area (Å²) in [6.07, 6.45) is 3.01. The molecule has 0 bridgehead atoms. The van der Waals surface area contributed by atoms with E-state index in [1.165, 1.54) is 12.4 Å². The van der Waals surface area contributed by atoms with Crippen LogP contribution in [0, 0.1) is 0 Å². The summed E-state index contributed by atoms with van der Waals surface area (Å²) in [6, 6.07) is 7.84. The van der Waals surface area contributed by atoms with Gasteiger partial charge in [-0.1, -0.05) is 34.1 Å². The van der Waals surface area contributed by atoms with Crippen LogP contribution in [-0.2, 0) is 6.61 Å². The SMILES string of the molecule is Nc1cncc(OCc2ccccc2Br)n1. The van der Waals surface area contributed by atoms with Crippen molar-refractivity contribution in [3.05, 3.63) is 46.7 Å². The molecule has 0 radical (unpaired) electrons. The molecule has 1 heterocycles. The van der Waals surface area contributed by atoms with Crippen molar-refractivity contribution in [2.24, 2.45) is 0 Å². The Balaban J connectivity index is 2.05. The number of nitrogen functional groups attached to an aromatic ring is 1. The number of halogens is 1. The van der Waals surface area contributed by atoms with E-state index in [1.807, 2.05) is 24.3 Å². The summed E-state index contributed by atoms with van der Waals surface area (Å²) in [7, 11) is 0. The van der Waals surface area contributed by atoms with Gasteiger partial charge in [0.2, 0.25) is 5.88 Å². The van der Waals surface area contributed by atoms with E-state index < -0.39 is 0 Å². The van der Waals surface area contributed by atoms with Gasteiger partial charge in [-0.05, 0) is 6.07 Å². The first kappa shape index (κ1) is 10.9. The summed E-state index contributed by atoms with van der Waals surface area (Å²) in [4.78, 5) is 7.89. The van der Waals surface area contributed by atoms with E-state index in [0.717, 1.165) is 10.0 Å². The van der Waals surface area contributed by atoms with Crippen LogP contribution in [0.3, 0.4) is 0 Å². The fraction of sp³-hybridized carbons (Fsp3) is 0.0909. The zero-order chi connectivity index (χ0) is 11.4. The lowest BCUT2D eigenvalue weighted by molar-refractivity contribution is 0.292. The number of benzene rings is 1. The highest BCUT2D eigenvalue weighted by Crippen LogP contribution is 2.17. The Bertz CT molecular complexity index is 490. The van der Waals surface area contributed by atoms with Crippen molar-refractivity contribution in [1.29, 1.82) is 0 Å². The van der Waals surface area contributed by atoms with Crippen LogP contribution >= 0.6 is 15.9 Å². The van der Waals surface area contributed by atoms with Crippen molar-refractivity contribution in [2.45, 2.75) is 6.61 Å². The van der Waals surface area contributed by atoms with Crippen molar-refractivity contribution in [3.63, 3.8) is 0 Å². The van der Waals surface area contributed by atoms with E-state index in [0.29, 0.717) is 18.3 Å². The summed E-state index contributed by atoms with van der Waals surface area (Å²) >= 11 is 3.44. The quantitative estimate of drug-likeness (QED) is 0.937. The zero-order valence-corrected chi connectivity index (χ0v) is 10.0. The molecule has 5 heteroatoms. The number of nitrogens with zero attached hydrogens (tertiary/aromatic N) is 2. The van der Waals surface area contributed by atoms with Gasteiger partial charge in [-0.25, -0.2) is 0 Å². The third kappa shape index (κ3) is 2.70. The molecule has 4 nitrogen and oxygen atoms in total. The first-order valence-electron chi connectivity index (χ1n) is 4.69. The zero-order valence-electron chi connectivity index (χ0n) is 8.43. The third-order valence-corrected chi connectivity index (χ3v) is 2.74. The van der Waals surface area contributed by atoms with Gasteiger partial charge in [0.15, 0.2) is 0 Å². The molecule has 0 aliphatic rings. The first-order valence-corrected chi connectivity index (χ1v) is 5.49. The van der Waals surface area contributed by atoms with Crippen LogP contribution in [0.2, 0.25) is 0 Å². The number of nitrogens with two attached hydrogens (primary N) is 1. The van der Waals surface area contributed by atoms with Gasteiger partial charge >= 0.3 is 0 Å². The Morgan fingerprint density at radius 2 is 2.06 bits per heavy atom. The topological polar surface area (TPSA) is 61.0 Å². The van der Waals surface area contributed by atoms with E-state index in [4.69, 9.17) is 10.5 Å². The van der Waals surface area contributed by atoms with Gasteiger partial charge in [0.1, 0.15) is 12.4 Å². The van der Waals surface area contributed by atoms with Gasteiger partial charge in [0.25, 0.3) is 0 Å². The summed E-state index contributed by atoms with van der Waals surface area (Å²) in [5.41, 5.74) is 6.54. The monoisotopic (exact) mass is 279 g/mol. The molecular weight excluding hydrogens is 270 g/mol. The number of anilines is 1. The van der Waals surface area contributed by atoms with Crippen molar-refractivity contribution in [3.8, 4) is 5.88 Å². The Hall–Kier alpha value is -1.62. The first-order chi connectivity index (χ1) is 7.75. The van der Waals surface area contributed by atoms with Crippen LogP contribution in [0.1, 0.15) is 5.56 Å². The van der Waals surface area contributed by atoms with E-state index in [-0.39, 0.29) is 0 Å². The maximum Gasteiger partial charge on any atom is 0.234 e. The average molecular weight is 280 g/mol. The minimum atomic E-state index is 0.352. The Morgan fingerprint density at radius 3 is 2.81 bits per heavy atom. The molecule has 16 heavy (non-hydrogen) atoms. The van der Waals surface area contributed by atoms with Crippen LogP contribution in [0.15, 0.2) is 41.1 Å². The fourth-order valence-electron chi connectivity index (χ4n) is 1.20.